The van der Waals surface area contributed by atoms with Gasteiger partial charge in [0.1, 0.15) is 5.01 Å². The number of nitrogens with one attached hydrogen (secondary N) is 1. The second kappa shape index (κ2) is 5.72. The van der Waals surface area contributed by atoms with Crippen molar-refractivity contribution in [1.29, 1.82) is 0 Å². The molecule has 1 aromatic heterocycles. The summed E-state index contributed by atoms with van der Waals surface area (Å²) in [6.45, 7) is 7.65. The Balaban J connectivity index is 2.24. The first-order valence-electron chi connectivity index (χ1n) is 6.46. The minimum atomic E-state index is 0.148. The smallest absolute Gasteiger partial charge is 0.114 e. The Morgan fingerprint density at radius 2 is 2.35 bits per heavy atom. The minimum absolute atomic E-state index is 0.148. The molecule has 1 aliphatic rings. The Labute approximate surface area is 113 Å². The van der Waals surface area contributed by atoms with Crippen LogP contribution in [0, 0.1) is 0 Å². The van der Waals surface area contributed by atoms with E-state index in [1.807, 2.05) is 11.3 Å². The van der Waals surface area contributed by atoms with Crippen LogP contribution in [-0.4, -0.2) is 23.0 Å². The Kier molecular flexibility index (Phi) is 4.50. The Morgan fingerprint density at radius 1 is 1.53 bits per heavy atom. The Morgan fingerprint density at radius 3 is 2.88 bits per heavy atom. The summed E-state index contributed by atoms with van der Waals surface area (Å²) in [7, 11) is 0. The van der Waals surface area contributed by atoms with E-state index >= 15 is 0 Å². The van der Waals surface area contributed by atoms with E-state index in [1.54, 1.807) is 0 Å². The normalized spacial score (nSPS) is 25.4. The summed E-state index contributed by atoms with van der Waals surface area (Å²) < 4.78 is 0. The fourth-order valence-electron chi connectivity index (χ4n) is 2.29. The van der Waals surface area contributed by atoms with E-state index in [-0.39, 0.29) is 5.54 Å². The summed E-state index contributed by atoms with van der Waals surface area (Å²) in [5, 5.41) is 7.23. The second-order valence-corrected chi connectivity index (χ2v) is 6.96. The van der Waals surface area contributed by atoms with Crippen molar-refractivity contribution < 1.29 is 0 Å². The van der Waals surface area contributed by atoms with E-state index in [9.17, 15) is 0 Å². The van der Waals surface area contributed by atoms with Crippen molar-refractivity contribution in [1.82, 2.24) is 10.3 Å². The molecule has 0 spiro atoms. The van der Waals surface area contributed by atoms with Gasteiger partial charge in [-0.1, -0.05) is 20.8 Å². The van der Waals surface area contributed by atoms with Crippen LogP contribution in [0.4, 0.5) is 0 Å². The lowest BCUT2D eigenvalue weighted by atomic mass is 9.96. The van der Waals surface area contributed by atoms with Crippen molar-refractivity contribution in [3.05, 3.63) is 16.1 Å². The van der Waals surface area contributed by atoms with E-state index in [0.29, 0.717) is 5.92 Å². The molecule has 1 atom stereocenters. The fourth-order valence-corrected chi connectivity index (χ4v) is 4.79. The third kappa shape index (κ3) is 2.85. The standard InChI is InChI=1S/C13H22N2S2/c1-4-14-13(6-5-7-16-9-13)12-15-11(8-17-12)10(2)3/h8,10,14H,4-7,9H2,1-3H3. The van der Waals surface area contributed by atoms with Crippen LogP contribution in [0.15, 0.2) is 5.38 Å². The van der Waals surface area contributed by atoms with Crippen LogP contribution in [0.5, 0.6) is 0 Å². The van der Waals surface area contributed by atoms with Gasteiger partial charge in [0.25, 0.3) is 0 Å². The lowest BCUT2D eigenvalue weighted by molar-refractivity contribution is 0.344. The molecule has 1 unspecified atom stereocenters. The largest absolute Gasteiger partial charge is 0.305 e. The van der Waals surface area contributed by atoms with Crippen molar-refractivity contribution in [2.45, 2.75) is 45.1 Å². The molecule has 0 aliphatic carbocycles. The number of hydrogen-bond acceptors (Lipinski definition) is 4. The van der Waals surface area contributed by atoms with Gasteiger partial charge in [-0.2, -0.15) is 11.8 Å². The molecule has 4 heteroatoms. The highest BCUT2D eigenvalue weighted by Gasteiger charge is 2.36. The number of hydrogen-bond donors (Lipinski definition) is 1. The van der Waals surface area contributed by atoms with E-state index < -0.39 is 0 Å². The van der Waals surface area contributed by atoms with Crippen molar-refractivity contribution in [2.75, 3.05) is 18.1 Å². The van der Waals surface area contributed by atoms with Crippen LogP contribution >= 0.6 is 23.1 Å². The van der Waals surface area contributed by atoms with Crippen molar-refractivity contribution >= 4 is 23.1 Å². The molecule has 1 fully saturated rings. The molecule has 96 valence electrons. The molecule has 2 nitrogen and oxygen atoms in total. The van der Waals surface area contributed by atoms with Gasteiger partial charge in [0.05, 0.1) is 11.2 Å². The molecule has 0 bridgehead atoms. The topological polar surface area (TPSA) is 24.9 Å². The molecule has 1 saturated heterocycles. The quantitative estimate of drug-likeness (QED) is 0.905. The number of thioether (sulfide) groups is 1. The van der Waals surface area contributed by atoms with Crippen LogP contribution in [0.1, 0.15) is 50.2 Å². The number of aromatic nitrogens is 1. The average Bonchev–Trinajstić information content (AvgIpc) is 2.80. The lowest BCUT2D eigenvalue weighted by Gasteiger charge is -2.36. The maximum absolute atomic E-state index is 4.87. The van der Waals surface area contributed by atoms with Gasteiger partial charge in [-0.05, 0) is 31.1 Å². The molecule has 2 heterocycles. The highest BCUT2D eigenvalue weighted by molar-refractivity contribution is 7.99. The number of nitrogens with zero attached hydrogens (tertiary/aromatic N) is 1. The van der Waals surface area contributed by atoms with Crippen LogP contribution in [-0.2, 0) is 5.54 Å². The van der Waals surface area contributed by atoms with Crippen LogP contribution in [0.25, 0.3) is 0 Å². The third-order valence-corrected chi connectivity index (χ3v) is 5.62. The predicted octanol–water partition coefficient (Wildman–Crippen LogP) is 3.60. The molecule has 0 amide bonds. The molecular formula is C13H22N2S2. The maximum atomic E-state index is 4.87. The zero-order valence-electron chi connectivity index (χ0n) is 11.0. The maximum Gasteiger partial charge on any atom is 0.114 e. The predicted molar refractivity (Wildman–Crippen MR) is 78.1 cm³/mol. The summed E-state index contributed by atoms with van der Waals surface area (Å²) in [6.07, 6.45) is 2.53. The Bertz CT molecular complexity index is 349. The summed E-state index contributed by atoms with van der Waals surface area (Å²) in [5.41, 5.74) is 1.40. The van der Waals surface area contributed by atoms with E-state index in [1.165, 1.54) is 35.0 Å². The summed E-state index contributed by atoms with van der Waals surface area (Å²) >= 11 is 3.89. The third-order valence-electron chi connectivity index (χ3n) is 3.28. The summed E-state index contributed by atoms with van der Waals surface area (Å²) in [4.78, 5) is 4.87. The second-order valence-electron chi connectivity index (χ2n) is 5.00. The first kappa shape index (κ1) is 13.4. The van der Waals surface area contributed by atoms with E-state index in [4.69, 9.17) is 4.98 Å². The highest BCUT2D eigenvalue weighted by Crippen LogP contribution is 2.37. The molecule has 0 radical (unpaired) electrons. The zero-order chi connectivity index (χ0) is 12.3. The average molecular weight is 270 g/mol. The molecule has 2 rings (SSSR count). The van der Waals surface area contributed by atoms with Crippen LogP contribution < -0.4 is 5.32 Å². The SMILES string of the molecule is CCNC1(c2nc(C(C)C)cs2)CCCSC1. The van der Waals surface area contributed by atoms with Crippen molar-refractivity contribution in [3.63, 3.8) is 0 Å². The summed E-state index contributed by atoms with van der Waals surface area (Å²) in [6, 6.07) is 0. The lowest BCUT2D eigenvalue weighted by Crippen LogP contribution is -2.46. The van der Waals surface area contributed by atoms with Gasteiger partial charge in [0, 0.05) is 11.1 Å². The van der Waals surface area contributed by atoms with E-state index in [0.717, 1.165) is 6.54 Å². The first-order valence-corrected chi connectivity index (χ1v) is 8.50. The monoisotopic (exact) mass is 270 g/mol. The molecule has 1 N–H and O–H groups in total. The van der Waals surface area contributed by atoms with Gasteiger partial charge in [-0.15, -0.1) is 11.3 Å². The van der Waals surface area contributed by atoms with Gasteiger partial charge < -0.3 is 5.32 Å². The molecule has 1 aliphatic heterocycles. The zero-order valence-corrected chi connectivity index (χ0v) is 12.6. The minimum Gasteiger partial charge on any atom is -0.305 e. The number of rotatable bonds is 4. The van der Waals surface area contributed by atoms with Gasteiger partial charge in [0.15, 0.2) is 0 Å². The molecule has 0 saturated carbocycles. The summed E-state index contributed by atoms with van der Waals surface area (Å²) in [5.74, 6) is 3.01. The molecule has 0 aromatic carbocycles. The van der Waals surface area contributed by atoms with E-state index in [2.05, 4.69) is 43.2 Å². The highest BCUT2D eigenvalue weighted by atomic mass is 32.2. The van der Waals surface area contributed by atoms with Gasteiger partial charge in [0.2, 0.25) is 0 Å². The molecule has 1 aromatic rings. The van der Waals surface area contributed by atoms with Crippen LogP contribution in [0.3, 0.4) is 0 Å². The van der Waals surface area contributed by atoms with Gasteiger partial charge in [-0.25, -0.2) is 4.98 Å². The fraction of sp³-hybridized carbons (Fsp3) is 0.769. The van der Waals surface area contributed by atoms with Gasteiger partial charge >= 0.3 is 0 Å². The Hall–Kier alpha value is -0.0600. The van der Waals surface area contributed by atoms with Crippen molar-refractivity contribution in [2.24, 2.45) is 0 Å². The van der Waals surface area contributed by atoms with Gasteiger partial charge in [-0.3, -0.25) is 0 Å². The molecule has 17 heavy (non-hydrogen) atoms. The number of thiazole rings is 1. The first-order chi connectivity index (χ1) is 8.18. The van der Waals surface area contributed by atoms with Crippen LogP contribution in [0.2, 0.25) is 0 Å². The molecular weight excluding hydrogens is 248 g/mol. The van der Waals surface area contributed by atoms with Crippen molar-refractivity contribution in [3.8, 4) is 0 Å².